The van der Waals surface area contributed by atoms with Crippen molar-refractivity contribution in [3.05, 3.63) is 39.3 Å². The van der Waals surface area contributed by atoms with E-state index in [9.17, 15) is 10.1 Å². The summed E-state index contributed by atoms with van der Waals surface area (Å²) >= 11 is 1.51. The van der Waals surface area contributed by atoms with Crippen molar-refractivity contribution in [2.75, 3.05) is 0 Å². The molecule has 14 heavy (non-hydrogen) atoms. The van der Waals surface area contributed by atoms with Crippen molar-refractivity contribution in [1.82, 2.24) is 0 Å². The minimum absolute atomic E-state index is 0.280. The van der Waals surface area contributed by atoms with E-state index < -0.39 is 0 Å². The highest BCUT2D eigenvalue weighted by molar-refractivity contribution is 7.19. The zero-order valence-corrected chi connectivity index (χ0v) is 8.50. The smallest absolute Gasteiger partial charge is 0.258 e. The number of nitrogens with zero attached hydrogens (tertiary/aromatic N) is 1. The lowest BCUT2D eigenvalue weighted by molar-refractivity contribution is -0.383. The van der Waals surface area contributed by atoms with Gasteiger partial charge in [0.25, 0.3) is 5.69 Å². The van der Waals surface area contributed by atoms with Crippen LogP contribution in [0.1, 0.15) is 11.8 Å². The van der Waals surface area contributed by atoms with Crippen LogP contribution < -0.4 is 0 Å². The van der Waals surface area contributed by atoms with E-state index in [4.69, 9.17) is 0 Å². The van der Waals surface area contributed by atoms with Gasteiger partial charge in [0.2, 0.25) is 0 Å². The van der Waals surface area contributed by atoms with Crippen molar-refractivity contribution in [1.29, 1.82) is 0 Å². The predicted octanol–water partition coefficient (Wildman–Crippen LogP) is 3.37. The molecule has 0 N–H and O–H groups in total. The predicted molar refractivity (Wildman–Crippen MR) is 57.9 cm³/mol. The van der Waals surface area contributed by atoms with E-state index in [0.717, 1.165) is 21.4 Å². The van der Waals surface area contributed by atoms with Crippen LogP contribution in [0.4, 0.5) is 5.69 Å². The molecule has 0 saturated heterocycles. The molecule has 0 spiro atoms. The van der Waals surface area contributed by atoms with Gasteiger partial charge in [0, 0.05) is 4.70 Å². The van der Waals surface area contributed by atoms with E-state index in [-0.39, 0.29) is 10.6 Å². The van der Waals surface area contributed by atoms with Crippen LogP contribution in [-0.2, 0) is 6.42 Å². The summed E-state index contributed by atoms with van der Waals surface area (Å²) in [6, 6.07) is 7.47. The summed E-state index contributed by atoms with van der Waals surface area (Å²) in [6.07, 6.45) is 0.718. The van der Waals surface area contributed by atoms with Crippen molar-refractivity contribution < 1.29 is 4.92 Å². The van der Waals surface area contributed by atoms with Crippen LogP contribution in [0.2, 0.25) is 0 Å². The fourth-order valence-corrected chi connectivity index (χ4v) is 2.63. The third-order valence-corrected chi connectivity index (χ3v) is 3.45. The first-order valence-electron chi connectivity index (χ1n) is 4.39. The molecule has 0 aliphatic carbocycles. The normalized spacial score (nSPS) is 10.6. The standard InChI is InChI=1S/C10H9NO2S/c1-2-8-10(11(12)13)7-5-3-4-6-9(7)14-8/h3-6H,2H2,1H3. The summed E-state index contributed by atoms with van der Waals surface area (Å²) in [6.45, 7) is 1.94. The number of aryl methyl sites for hydroxylation is 1. The first kappa shape index (κ1) is 9.15. The Bertz CT molecular complexity index is 490. The number of benzene rings is 1. The number of thiophene rings is 1. The summed E-state index contributed by atoms with van der Waals surface area (Å²) < 4.78 is 0.996. The van der Waals surface area contributed by atoms with Crippen LogP contribution in [0.3, 0.4) is 0 Å². The van der Waals surface area contributed by atoms with E-state index in [2.05, 4.69) is 0 Å². The van der Waals surface area contributed by atoms with Gasteiger partial charge in [0.15, 0.2) is 0 Å². The van der Waals surface area contributed by atoms with Crippen LogP contribution in [0.15, 0.2) is 24.3 Å². The quantitative estimate of drug-likeness (QED) is 0.559. The Balaban J connectivity index is 2.81. The summed E-state index contributed by atoms with van der Waals surface area (Å²) in [5.41, 5.74) is 0.285. The second-order valence-corrected chi connectivity index (χ2v) is 4.12. The van der Waals surface area contributed by atoms with E-state index in [1.165, 1.54) is 11.3 Å². The Hall–Kier alpha value is -1.42. The van der Waals surface area contributed by atoms with Gasteiger partial charge in [-0.2, -0.15) is 0 Å². The number of hydrogen-bond donors (Lipinski definition) is 0. The molecule has 0 aliphatic heterocycles. The topological polar surface area (TPSA) is 43.1 Å². The van der Waals surface area contributed by atoms with E-state index in [1.54, 1.807) is 0 Å². The van der Waals surface area contributed by atoms with Gasteiger partial charge >= 0.3 is 0 Å². The molecule has 1 heterocycles. The number of fused-ring (bicyclic) bond motifs is 1. The SMILES string of the molecule is CCc1sc2ccccc2c1[N+](=O)[O-]. The second kappa shape index (κ2) is 3.38. The van der Waals surface area contributed by atoms with Crippen molar-refractivity contribution in [2.24, 2.45) is 0 Å². The van der Waals surface area contributed by atoms with Crippen LogP contribution in [0, 0.1) is 10.1 Å². The van der Waals surface area contributed by atoms with E-state index in [1.807, 2.05) is 31.2 Å². The maximum absolute atomic E-state index is 10.9. The van der Waals surface area contributed by atoms with Gasteiger partial charge in [-0.05, 0) is 18.6 Å². The van der Waals surface area contributed by atoms with Gasteiger partial charge in [-0.1, -0.05) is 19.1 Å². The molecule has 4 heteroatoms. The van der Waals surface area contributed by atoms with Crippen LogP contribution in [-0.4, -0.2) is 4.92 Å². The molecule has 0 saturated carbocycles. The van der Waals surface area contributed by atoms with E-state index >= 15 is 0 Å². The Morgan fingerprint density at radius 2 is 2.14 bits per heavy atom. The van der Waals surface area contributed by atoms with Gasteiger partial charge in [-0.3, -0.25) is 10.1 Å². The molecule has 0 radical (unpaired) electrons. The molecular weight excluding hydrogens is 198 g/mol. The maximum Gasteiger partial charge on any atom is 0.290 e. The highest BCUT2D eigenvalue weighted by atomic mass is 32.1. The van der Waals surface area contributed by atoms with Gasteiger partial charge in [0.05, 0.1) is 15.2 Å². The van der Waals surface area contributed by atoms with Gasteiger partial charge in [-0.15, -0.1) is 11.3 Å². The minimum Gasteiger partial charge on any atom is -0.258 e. The molecule has 0 unspecified atom stereocenters. The summed E-state index contributed by atoms with van der Waals surface area (Å²) in [5.74, 6) is 0. The van der Waals surface area contributed by atoms with Crippen molar-refractivity contribution in [3.63, 3.8) is 0 Å². The number of rotatable bonds is 2. The maximum atomic E-state index is 10.9. The lowest BCUT2D eigenvalue weighted by atomic mass is 10.2. The Morgan fingerprint density at radius 1 is 1.43 bits per heavy atom. The summed E-state index contributed by atoms with van der Waals surface area (Å²) in [4.78, 5) is 11.4. The molecule has 2 aromatic rings. The highest BCUT2D eigenvalue weighted by Crippen LogP contribution is 2.37. The monoisotopic (exact) mass is 207 g/mol. The molecular formula is C10H9NO2S. The molecule has 72 valence electrons. The molecule has 1 aromatic heterocycles. The average Bonchev–Trinajstić information content (AvgIpc) is 2.55. The molecule has 1 aromatic carbocycles. The Morgan fingerprint density at radius 3 is 2.79 bits per heavy atom. The molecule has 0 amide bonds. The first-order chi connectivity index (χ1) is 6.74. The van der Waals surface area contributed by atoms with Gasteiger partial charge < -0.3 is 0 Å². The summed E-state index contributed by atoms with van der Waals surface area (Å²) in [7, 11) is 0. The summed E-state index contributed by atoms with van der Waals surface area (Å²) in [5, 5.41) is 11.6. The first-order valence-corrected chi connectivity index (χ1v) is 5.20. The van der Waals surface area contributed by atoms with E-state index in [0.29, 0.717) is 0 Å². The molecule has 2 rings (SSSR count). The number of nitro groups is 1. The van der Waals surface area contributed by atoms with Crippen molar-refractivity contribution >= 4 is 27.1 Å². The fraction of sp³-hybridized carbons (Fsp3) is 0.200. The largest absolute Gasteiger partial charge is 0.290 e. The molecule has 0 aliphatic rings. The Kier molecular flexibility index (Phi) is 2.21. The fourth-order valence-electron chi connectivity index (χ4n) is 1.52. The molecule has 3 nitrogen and oxygen atoms in total. The third-order valence-electron chi connectivity index (χ3n) is 2.14. The Labute approximate surface area is 85.1 Å². The van der Waals surface area contributed by atoms with Crippen LogP contribution >= 0.6 is 11.3 Å². The molecule has 0 atom stereocenters. The second-order valence-electron chi connectivity index (χ2n) is 2.98. The van der Waals surface area contributed by atoms with Gasteiger partial charge in [0.1, 0.15) is 0 Å². The minimum atomic E-state index is -0.280. The van der Waals surface area contributed by atoms with Gasteiger partial charge in [-0.25, -0.2) is 0 Å². The average molecular weight is 207 g/mol. The third kappa shape index (κ3) is 1.28. The van der Waals surface area contributed by atoms with Crippen molar-refractivity contribution in [2.45, 2.75) is 13.3 Å². The van der Waals surface area contributed by atoms with Crippen molar-refractivity contribution in [3.8, 4) is 0 Å². The molecule has 0 fully saturated rings. The molecule has 0 bridgehead atoms. The zero-order chi connectivity index (χ0) is 10.1. The number of hydrogen-bond acceptors (Lipinski definition) is 3. The van der Waals surface area contributed by atoms with Crippen LogP contribution in [0.5, 0.6) is 0 Å². The lowest BCUT2D eigenvalue weighted by Gasteiger charge is -1.90. The van der Waals surface area contributed by atoms with Crippen LogP contribution in [0.25, 0.3) is 10.1 Å². The highest BCUT2D eigenvalue weighted by Gasteiger charge is 2.19. The lowest BCUT2D eigenvalue weighted by Crippen LogP contribution is -1.89. The zero-order valence-electron chi connectivity index (χ0n) is 7.69.